The number of carbonyl (C=O) groups excluding carboxylic acids is 2. The van der Waals surface area contributed by atoms with Crippen LogP contribution in [0.5, 0.6) is 0 Å². The van der Waals surface area contributed by atoms with Crippen molar-refractivity contribution >= 4 is 23.5 Å². The second-order valence-electron chi connectivity index (χ2n) is 7.88. The molecule has 174 valence electrons. The highest BCUT2D eigenvalue weighted by molar-refractivity contribution is 6.33. The summed E-state index contributed by atoms with van der Waals surface area (Å²) in [4.78, 5) is 24.9. The SMILES string of the molecule is CCOC(=O)c1c(C)cnn1C[C@H]1CC[C@H](N(C(=O)c2ccccc2Cl)C(F)(F)F)CC1. The summed E-state index contributed by atoms with van der Waals surface area (Å²) in [7, 11) is 0. The summed E-state index contributed by atoms with van der Waals surface area (Å²) < 4.78 is 48.1. The summed E-state index contributed by atoms with van der Waals surface area (Å²) >= 11 is 5.97. The van der Waals surface area contributed by atoms with Gasteiger partial charge in [0.25, 0.3) is 5.91 Å². The fourth-order valence-electron chi connectivity index (χ4n) is 4.17. The molecule has 2 aromatic rings. The van der Waals surface area contributed by atoms with Gasteiger partial charge in [-0.1, -0.05) is 23.7 Å². The van der Waals surface area contributed by atoms with Crippen molar-refractivity contribution in [3.8, 4) is 0 Å². The number of amides is 1. The van der Waals surface area contributed by atoms with Crippen molar-refractivity contribution in [3.63, 3.8) is 0 Å². The van der Waals surface area contributed by atoms with E-state index in [1.165, 1.54) is 18.2 Å². The molecule has 1 aromatic heterocycles. The number of hydrogen-bond acceptors (Lipinski definition) is 4. The van der Waals surface area contributed by atoms with Gasteiger partial charge in [0.1, 0.15) is 5.69 Å². The van der Waals surface area contributed by atoms with E-state index in [-0.39, 0.29) is 40.9 Å². The second kappa shape index (κ2) is 9.94. The largest absolute Gasteiger partial charge is 0.487 e. The number of alkyl halides is 3. The highest BCUT2D eigenvalue weighted by atomic mass is 35.5. The van der Waals surface area contributed by atoms with Gasteiger partial charge in [-0.25, -0.2) is 9.69 Å². The van der Waals surface area contributed by atoms with E-state index in [0.29, 0.717) is 30.6 Å². The Morgan fingerprint density at radius 1 is 1.22 bits per heavy atom. The standard InChI is InChI=1S/C22H25ClF3N3O3/c1-3-32-21(31)19-14(2)12-27-28(19)13-15-8-10-16(11-9-15)29(22(24,25)26)20(30)17-6-4-5-7-18(17)23/h4-7,12,15-16H,3,8-11,13H2,1-2H3/t15-,16-. The van der Waals surface area contributed by atoms with Crippen molar-refractivity contribution in [1.82, 2.24) is 14.7 Å². The summed E-state index contributed by atoms with van der Waals surface area (Å²) in [6.45, 7) is 4.11. The Bertz CT molecular complexity index is 969. The smallest absolute Gasteiger partial charge is 0.461 e. The van der Waals surface area contributed by atoms with Crippen LogP contribution in [-0.2, 0) is 11.3 Å². The summed E-state index contributed by atoms with van der Waals surface area (Å²) in [5, 5.41) is 4.23. The van der Waals surface area contributed by atoms with E-state index in [1.807, 2.05) is 0 Å². The summed E-state index contributed by atoms with van der Waals surface area (Å²) in [5.41, 5.74) is 0.880. The normalized spacial score (nSPS) is 18.9. The lowest BCUT2D eigenvalue weighted by molar-refractivity contribution is -0.239. The summed E-state index contributed by atoms with van der Waals surface area (Å²) in [5.74, 6) is -1.58. The van der Waals surface area contributed by atoms with E-state index in [0.717, 1.165) is 0 Å². The maximum Gasteiger partial charge on any atom is 0.487 e. The van der Waals surface area contributed by atoms with Crippen LogP contribution in [0.3, 0.4) is 0 Å². The number of esters is 1. The summed E-state index contributed by atoms with van der Waals surface area (Å²) in [6.07, 6.45) is -1.93. The molecule has 0 atom stereocenters. The molecule has 3 rings (SSSR count). The molecule has 32 heavy (non-hydrogen) atoms. The van der Waals surface area contributed by atoms with Crippen LogP contribution < -0.4 is 0 Å². The minimum atomic E-state index is -4.82. The van der Waals surface area contributed by atoms with Crippen LogP contribution in [0, 0.1) is 12.8 Å². The molecular weight excluding hydrogens is 447 g/mol. The van der Waals surface area contributed by atoms with Crippen LogP contribution in [0.25, 0.3) is 0 Å². The molecule has 0 radical (unpaired) electrons. The van der Waals surface area contributed by atoms with E-state index in [2.05, 4.69) is 5.10 Å². The zero-order valence-electron chi connectivity index (χ0n) is 17.9. The van der Waals surface area contributed by atoms with Gasteiger partial charge in [0, 0.05) is 18.2 Å². The van der Waals surface area contributed by atoms with E-state index < -0.39 is 24.2 Å². The van der Waals surface area contributed by atoms with Gasteiger partial charge in [-0.15, -0.1) is 13.2 Å². The number of carbonyl (C=O) groups is 2. The van der Waals surface area contributed by atoms with Gasteiger partial charge in [0.15, 0.2) is 0 Å². The molecule has 1 aliphatic rings. The first kappa shape index (κ1) is 24.1. The van der Waals surface area contributed by atoms with Crippen molar-refractivity contribution in [1.29, 1.82) is 0 Å². The van der Waals surface area contributed by atoms with Gasteiger partial charge in [-0.3, -0.25) is 9.48 Å². The number of halogens is 4. The van der Waals surface area contributed by atoms with Crippen molar-refractivity contribution in [3.05, 3.63) is 52.3 Å². The van der Waals surface area contributed by atoms with Crippen LogP contribution in [0.4, 0.5) is 13.2 Å². The Kier molecular flexibility index (Phi) is 7.48. The van der Waals surface area contributed by atoms with Crippen LogP contribution in [-0.4, -0.2) is 45.5 Å². The third-order valence-corrected chi connectivity index (χ3v) is 6.03. The molecule has 0 saturated heterocycles. The highest BCUT2D eigenvalue weighted by Gasteiger charge is 2.47. The third-order valence-electron chi connectivity index (χ3n) is 5.70. The molecule has 0 N–H and O–H groups in total. The second-order valence-corrected chi connectivity index (χ2v) is 8.28. The van der Waals surface area contributed by atoms with E-state index in [1.54, 1.807) is 30.8 Å². The zero-order chi connectivity index (χ0) is 23.5. The lowest BCUT2D eigenvalue weighted by atomic mass is 9.85. The number of aryl methyl sites for hydroxylation is 1. The van der Waals surface area contributed by atoms with Crippen molar-refractivity contribution in [2.24, 2.45) is 5.92 Å². The number of hydrogen-bond donors (Lipinski definition) is 0. The molecule has 0 aliphatic heterocycles. The van der Waals surface area contributed by atoms with Gasteiger partial charge >= 0.3 is 12.3 Å². The first-order valence-corrected chi connectivity index (χ1v) is 10.9. The minimum Gasteiger partial charge on any atom is -0.461 e. The van der Waals surface area contributed by atoms with Crippen LogP contribution in [0.2, 0.25) is 5.02 Å². The molecule has 1 aliphatic carbocycles. The van der Waals surface area contributed by atoms with Crippen molar-refractivity contribution in [2.45, 2.75) is 58.4 Å². The first-order chi connectivity index (χ1) is 15.1. The highest BCUT2D eigenvalue weighted by Crippen LogP contribution is 2.36. The molecule has 1 fully saturated rings. The number of benzene rings is 1. The van der Waals surface area contributed by atoms with E-state index in [4.69, 9.17) is 16.3 Å². The third kappa shape index (κ3) is 5.26. The van der Waals surface area contributed by atoms with Crippen LogP contribution in [0.1, 0.15) is 59.0 Å². The van der Waals surface area contributed by atoms with E-state index >= 15 is 0 Å². The Morgan fingerprint density at radius 3 is 2.47 bits per heavy atom. The number of aromatic nitrogens is 2. The lowest BCUT2D eigenvalue weighted by Gasteiger charge is -2.37. The average Bonchev–Trinajstić information content (AvgIpc) is 3.09. The molecule has 0 spiro atoms. The van der Waals surface area contributed by atoms with Gasteiger partial charge in [0.2, 0.25) is 0 Å². The Morgan fingerprint density at radius 2 is 1.88 bits per heavy atom. The maximum atomic E-state index is 13.8. The van der Waals surface area contributed by atoms with Crippen LogP contribution >= 0.6 is 11.6 Å². The number of nitrogens with zero attached hydrogens (tertiary/aromatic N) is 3. The summed E-state index contributed by atoms with van der Waals surface area (Å²) in [6, 6.07) is 4.76. The predicted molar refractivity (Wildman–Crippen MR) is 112 cm³/mol. The monoisotopic (exact) mass is 471 g/mol. The molecular formula is C22H25ClF3N3O3. The Hall–Kier alpha value is -2.55. The fraction of sp³-hybridized carbons (Fsp3) is 0.500. The van der Waals surface area contributed by atoms with Gasteiger partial charge in [0.05, 0.1) is 23.4 Å². The fourth-order valence-corrected chi connectivity index (χ4v) is 4.38. The molecule has 1 aromatic carbocycles. The molecule has 1 heterocycles. The zero-order valence-corrected chi connectivity index (χ0v) is 18.6. The quantitative estimate of drug-likeness (QED) is 0.427. The molecule has 6 nitrogen and oxygen atoms in total. The molecule has 1 saturated carbocycles. The molecule has 10 heteroatoms. The van der Waals surface area contributed by atoms with Crippen molar-refractivity contribution < 1.29 is 27.5 Å². The predicted octanol–water partition coefficient (Wildman–Crippen LogP) is 5.24. The molecule has 0 bridgehead atoms. The Balaban J connectivity index is 1.71. The molecule has 0 unspecified atom stereocenters. The Labute approximate surface area is 189 Å². The topological polar surface area (TPSA) is 64.4 Å². The maximum absolute atomic E-state index is 13.8. The average molecular weight is 472 g/mol. The van der Waals surface area contributed by atoms with Gasteiger partial charge in [-0.2, -0.15) is 5.10 Å². The molecule has 1 amide bonds. The minimum absolute atomic E-state index is 0.00648. The van der Waals surface area contributed by atoms with Crippen LogP contribution in [0.15, 0.2) is 30.5 Å². The van der Waals surface area contributed by atoms with Gasteiger partial charge in [-0.05, 0) is 57.6 Å². The first-order valence-electron chi connectivity index (χ1n) is 10.5. The van der Waals surface area contributed by atoms with E-state index in [9.17, 15) is 22.8 Å². The number of ether oxygens (including phenoxy) is 1. The number of rotatable bonds is 6. The lowest BCUT2D eigenvalue weighted by Crippen LogP contribution is -2.51. The van der Waals surface area contributed by atoms with Crippen molar-refractivity contribution in [2.75, 3.05) is 6.61 Å². The van der Waals surface area contributed by atoms with Gasteiger partial charge < -0.3 is 4.74 Å².